The van der Waals surface area contributed by atoms with Crippen LogP contribution in [0.3, 0.4) is 0 Å². The molecule has 14 heavy (non-hydrogen) atoms. The Bertz CT molecular complexity index is 153. The van der Waals surface area contributed by atoms with Gasteiger partial charge in [0, 0.05) is 26.3 Å². The third-order valence-electron chi connectivity index (χ3n) is 2.93. The van der Waals surface area contributed by atoms with E-state index in [0.29, 0.717) is 0 Å². The molecule has 0 aromatic carbocycles. The first-order valence-corrected chi connectivity index (χ1v) is 5.81. The van der Waals surface area contributed by atoms with E-state index in [-0.39, 0.29) is 0 Å². The van der Waals surface area contributed by atoms with Crippen molar-refractivity contribution in [2.45, 2.75) is 19.3 Å². The van der Waals surface area contributed by atoms with Crippen LogP contribution in [0.2, 0.25) is 0 Å². The summed E-state index contributed by atoms with van der Waals surface area (Å²) in [4.78, 5) is 0. The number of nitrogens with one attached hydrogen (secondary N) is 1. The van der Waals surface area contributed by atoms with Gasteiger partial charge in [0.2, 0.25) is 0 Å². The fourth-order valence-electron chi connectivity index (χ4n) is 1.73. The molecule has 0 amide bonds. The Hall–Kier alpha value is -0.120. The lowest BCUT2D eigenvalue weighted by Crippen LogP contribution is -2.26. The smallest absolute Gasteiger partial charge is 0.0591 e. The Morgan fingerprint density at radius 1 is 1.21 bits per heavy atom. The van der Waals surface area contributed by atoms with Crippen molar-refractivity contribution in [1.82, 2.24) is 5.32 Å². The maximum Gasteiger partial charge on any atom is 0.0591 e. The normalized spacial score (nSPS) is 27.0. The van der Waals surface area contributed by atoms with Crippen LogP contribution >= 0.6 is 0 Å². The lowest BCUT2D eigenvalue weighted by Gasteiger charge is -2.09. The van der Waals surface area contributed by atoms with Gasteiger partial charge in [0.15, 0.2) is 0 Å². The van der Waals surface area contributed by atoms with E-state index in [1.165, 1.54) is 19.3 Å². The average molecular weight is 199 g/mol. The summed E-state index contributed by atoms with van der Waals surface area (Å²) in [6.45, 7) is 5.81. The highest BCUT2D eigenvalue weighted by Gasteiger charge is 2.20. The predicted molar refractivity (Wildman–Crippen MR) is 55.3 cm³/mol. The van der Waals surface area contributed by atoms with Gasteiger partial charge in [0.25, 0.3) is 0 Å². The maximum absolute atomic E-state index is 5.53. The van der Waals surface area contributed by atoms with Crippen molar-refractivity contribution in [1.29, 1.82) is 0 Å². The summed E-state index contributed by atoms with van der Waals surface area (Å²) in [7, 11) is 0. The molecule has 0 aromatic rings. The van der Waals surface area contributed by atoms with Crippen LogP contribution in [0.15, 0.2) is 0 Å². The molecule has 0 spiro atoms. The van der Waals surface area contributed by atoms with E-state index in [2.05, 4.69) is 5.32 Å². The first-order chi connectivity index (χ1) is 6.95. The van der Waals surface area contributed by atoms with Crippen LogP contribution in [0.4, 0.5) is 0 Å². The van der Waals surface area contributed by atoms with Crippen molar-refractivity contribution < 1.29 is 9.47 Å². The molecule has 1 unspecified atom stereocenters. The fraction of sp³-hybridized carbons (Fsp3) is 1.00. The number of ether oxygens (including phenoxy) is 2. The molecule has 1 saturated carbocycles. The third kappa shape index (κ3) is 3.95. The molecule has 3 heteroatoms. The summed E-state index contributed by atoms with van der Waals surface area (Å²) >= 11 is 0. The second-order valence-electron chi connectivity index (χ2n) is 4.45. The van der Waals surface area contributed by atoms with Gasteiger partial charge in [-0.15, -0.1) is 0 Å². The van der Waals surface area contributed by atoms with Gasteiger partial charge in [-0.1, -0.05) is 0 Å². The van der Waals surface area contributed by atoms with Gasteiger partial charge < -0.3 is 14.8 Å². The largest absolute Gasteiger partial charge is 0.381 e. The van der Waals surface area contributed by atoms with Crippen molar-refractivity contribution >= 4 is 0 Å². The molecule has 1 heterocycles. The van der Waals surface area contributed by atoms with Crippen molar-refractivity contribution in [2.24, 2.45) is 11.8 Å². The molecule has 1 N–H and O–H groups in total. The van der Waals surface area contributed by atoms with Crippen LogP contribution in [-0.2, 0) is 9.47 Å². The van der Waals surface area contributed by atoms with E-state index in [0.717, 1.165) is 51.4 Å². The quantitative estimate of drug-likeness (QED) is 0.621. The zero-order valence-corrected chi connectivity index (χ0v) is 8.84. The van der Waals surface area contributed by atoms with E-state index in [9.17, 15) is 0 Å². The summed E-state index contributed by atoms with van der Waals surface area (Å²) in [5.74, 6) is 1.62. The first kappa shape index (κ1) is 10.4. The number of hydrogen-bond acceptors (Lipinski definition) is 3. The fourth-order valence-corrected chi connectivity index (χ4v) is 1.73. The van der Waals surface area contributed by atoms with Gasteiger partial charge in [-0.3, -0.25) is 0 Å². The highest BCUT2D eigenvalue weighted by atomic mass is 16.5. The zero-order chi connectivity index (χ0) is 9.64. The summed E-state index contributed by atoms with van der Waals surface area (Å²) in [5.41, 5.74) is 0. The second-order valence-corrected chi connectivity index (χ2v) is 4.45. The summed E-state index contributed by atoms with van der Waals surface area (Å²) in [5, 5.41) is 3.42. The molecule has 0 bridgehead atoms. The number of hydrogen-bond donors (Lipinski definition) is 1. The molecule has 0 aromatic heterocycles. The SMILES string of the molecule is C(COCC1CC1)NCC1CCOC1. The van der Waals surface area contributed by atoms with Gasteiger partial charge in [0.05, 0.1) is 13.2 Å². The minimum atomic E-state index is 0.735. The minimum Gasteiger partial charge on any atom is -0.381 e. The molecule has 82 valence electrons. The van der Waals surface area contributed by atoms with Crippen LogP contribution < -0.4 is 5.32 Å². The van der Waals surface area contributed by atoms with Gasteiger partial charge in [-0.2, -0.15) is 0 Å². The molecule has 0 radical (unpaired) electrons. The Balaban J connectivity index is 1.35. The predicted octanol–water partition coefficient (Wildman–Crippen LogP) is 1.04. The first-order valence-electron chi connectivity index (χ1n) is 5.81. The summed E-state index contributed by atoms with van der Waals surface area (Å²) < 4.78 is 10.8. The molecule has 1 atom stereocenters. The highest BCUT2D eigenvalue weighted by molar-refractivity contribution is 4.72. The molecule has 1 aliphatic heterocycles. The van der Waals surface area contributed by atoms with E-state index in [1.807, 2.05) is 0 Å². The molecule has 2 fully saturated rings. The average Bonchev–Trinajstić information content (AvgIpc) is 2.87. The molecular formula is C11H21NO2. The molecular weight excluding hydrogens is 178 g/mol. The van der Waals surface area contributed by atoms with Crippen molar-refractivity contribution in [3.05, 3.63) is 0 Å². The van der Waals surface area contributed by atoms with E-state index < -0.39 is 0 Å². The van der Waals surface area contributed by atoms with Crippen LogP contribution in [-0.4, -0.2) is 39.5 Å². The van der Waals surface area contributed by atoms with E-state index in [4.69, 9.17) is 9.47 Å². The standard InChI is InChI=1S/C11H21NO2/c1-2-10(1)8-14-6-4-12-7-11-3-5-13-9-11/h10-12H,1-9H2. The van der Waals surface area contributed by atoms with E-state index >= 15 is 0 Å². The Labute approximate surface area is 86.2 Å². The molecule has 1 saturated heterocycles. The lowest BCUT2D eigenvalue weighted by atomic mass is 10.1. The van der Waals surface area contributed by atoms with Crippen molar-refractivity contribution in [3.63, 3.8) is 0 Å². The monoisotopic (exact) mass is 199 g/mol. The Morgan fingerprint density at radius 3 is 2.86 bits per heavy atom. The van der Waals surface area contributed by atoms with Gasteiger partial charge >= 0.3 is 0 Å². The number of rotatable bonds is 7. The van der Waals surface area contributed by atoms with Crippen molar-refractivity contribution in [3.8, 4) is 0 Å². The minimum absolute atomic E-state index is 0.735. The highest BCUT2D eigenvalue weighted by Crippen LogP contribution is 2.28. The zero-order valence-electron chi connectivity index (χ0n) is 8.84. The van der Waals surface area contributed by atoms with Crippen molar-refractivity contribution in [2.75, 3.05) is 39.5 Å². The Morgan fingerprint density at radius 2 is 2.14 bits per heavy atom. The van der Waals surface area contributed by atoms with E-state index in [1.54, 1.807) is 0 Å². The molecule has 3 nitrogen and oxygen atoms in total. The van der Waals surface area contributed by atoms with Crippen LogP contribution in [0.25, 0.3) is 0 Å². The van der Waals surface area contributed by atoms with Gasteiger partial charge in [-0.05, 0) is 31.1 Å². The topological polar surface area (TPSA) is 30.5 Å². The lowest BCUT2D eigenvalue weighted by molar-refractivity contribution is 0.125. The van der Waals surface area contributed by atoms with Gasteiger partial charge in [-0.25, -0.2) is 0 Å². The second kappa shape index (κ2) is 5.69. The molecule has 1 aliphatic carbocycles. The van der Waals surface area contributed by atoms with Crippen LogP contribution in [0, 0.1) is 11.8 Å². The maximum atomic E-state index is 5.53. The summed E-state index contributed by atoms with van der Waals surface area (Å²) in [6.07, 6.45) is 3.98. The van der Waals surface area contributed by atoms with Crippen LogP contribution in [0.1, 0.15) is 19.3 Å². The Kier molecular flexibility index (Phi) is 4.22. The summed E-state index contributed by atoms with van der Waals surface area (Å²) in [6, 6.07) is 0. The van der Waals surface area contributed by atoms with Crippen LogP contribution in [0.5, 0.6) is 0 Å². The molecule has 2 rings (SSSR count). The third-order valence-corrected chi connectivity index (χ3v) is 2.93. The van der Waals surface area contributed by atoms with Gasteiger partial charge in [0.1, 0.15) is 0 Å². The molecule has 2 aliphatic rings.